The van der Waals surface area contributed by atoms with Crippen LogP contribution < -0.4 is 5.73 Å². The summed E-state index contributed by atoms with van der Waals surface area (Å²) in [6, 6.07) is 3.65. The van der Waals surface area contributed by atoms with Crippen LogP contribution >= 0.6 is 24.8 Å². The average Bonchev–Trinajstić information content (AvgIpc) is 3.11. The molecule has 0 aliphatic carbocycles. The Morgan fingerprint density at radius 2 is 2.00 bits per heavy atom. The molecule has 2 aromatic rings. The lowest BCUT2D eigenvalue weighted by Crippen LogP contribution is -2.48. The Kier molecular flexibility index (Phi) is 6.73. The lowest BCUT2D eigenvalue weighted by atomic mass is 10.2. The number of piperazine rings is 1. The number of hydrogen-bond donors (Lipinski definition) is 3. The van der Waals surface area contributed by atoms with Crippen LogP contribution in [-0.4, -0.2) is 56.8 Å². The van der Waals surface area contributed by atoms with Crippen molar-refractivity contribution in [3.05, 3.63) is 35.9 Å². The number of rotatable bonds is 3. The fourth-order valence-corrected chi connectivity index (χ4v) is 2.44. The van der Waals surface area contributed by atoms with Crippen LogP contribution in [0.5, 0.6) is 0 Å². The first-order valence-corrected chi connectivity index (χ1v) is 6.67. The predicted molar refractivity (Wildman–Crippen MR) is 89.5 cm³/mol. The van der Waals surface area contributed by atoms with Gasteiger partial charge in [0.25, 0.3) is 5.91 Å². The molecule has 1 fully saturated rings. The SMILES string of the molecule is Cl.Cl.Nc1ncc(CN2CCN(C(=O)c3ccc[nH]3)CC2)[nH]1. The molecule has 0 unspecified atom stereocenters. The number of nitrogens with two attached hydrogens (primary N) is 1. The maximum absolute atomic E-state index is 12.2. The van der Waals surface area contributed by atoms with Gasteiger partial charge in [0, 0.05) is 38.9 Å². The number of carbonyl (C=O) groups is 1. The molecule has 1 aliphatic heterocycles. The van der Waals surface area contributed by atoms with Crippen molar-refractivity contribution in [2.75, 3.05) is 31.9 Å². The monoisotopic (exact) mass is 346 g/mol. The Hall–Kier alpha value is -1.70. The van der Waals surface area contributed by atoms with Crippen molar-refractivity contribution in [3.8, 4) is 0 Å². The summed E-state index contributed by atoms with van der Waals surface area (Å²) >= 11 is 0. The van der Waals surface area contributed by atoms with Crippen LogP contribution in [0, 0.1) is 0 Å². The molecule has 7 nitrogen and oxygen atoms in total. The molecule has 1 amide bonds. The Labute approximate surface area is 141 Å². The van der Waals surface area contributed by atoms with E-state index in [-0.39, 0.29) is 30.7 Å². The Balaban J connectivity index is 0.00000121. The minimum Gasteiger partial charge on any atom is -0.369 e. The number of nitrogens with zero attached hydrogens (tertiary/aromatic N) is 3. The van der Waals surface area contributed by atoms with E-state index in [0.29, 0.717) is 11.6 Å². The summed E-state index contributed by atoms with van der Waals surface area (Å²) < 4.78 is 0. The highest BCUT2D eigenvalue weighted by Crippen LogP contribution is 2.10. The molecule has 4 N–H and O–H groups in total. The largest absolute Gasteiger partial charge is 0.369 e. The second-order valence-electron chi connectivity index (χ2n) is 4.95. The van der Waals surface area contributed by atoms with E-state index in [2.05, 4.69) is 19.9 Å². The maximum Gasteiger partial charge on any atom is 0.270 e. The van der Waals surface area contributed by atoms with Gasteiger partial charge in [-0.15, -0.1) is 24.8 Å². The average molecular weight is 347 g/mol. The Morgan fingerprint density at radius 1 is 1.27 bits per heavy atom. The summed E-state index contributed by atoms with van der Waals surface area (Å²) in [7, 11) is 0. The molecule has 3 rings (SSSR count). The molecule has 1 aliphatic rings. The van der Waals surface area contributed by atoms with Crippen molar-refractivity contribution >= 4 is 36.7 Å². The van der Waals surface area contributed by atoms with Gasteiger partial charge in [0.1, 0.15) is 5.69 Å². The number of nitrogens with one attached hydrogen (secondary N) is 2. The third-order valence-corrected chi connectivity index (χ3v) is 3.53. The van der Waals surface area contributed by atoms with E-state index in [4.69, 9.17) is 5.73 Å². The fourth-order valence-electron chi connectivity index (χ4n) is 2.44. The highest BCUT2D eigenvalue weighted by atomic mass is 35.5. The molecule has 0 atom stereocenters. The Morgan fingerprint density at radius 3 is 2.55 bits per heavy atom. The molecule has 122 valence electrons. The zero-order chi connectivity index (χ0) is 13.9. The van der Waals surface area contributed by atoms with Crippen LogP contribution in [0.15, 0.2) is 24.5 Å². The highest BCUT2D eigenvalue weighted by Gasteiger charge is 2.22. The molecule has 0 spiro atoms. The minimum absolute atomic E-state index is 0. The summed E-state index contributed by atoms with van der Waals surface area (Å²) in [5, 5.41) is 0. The van der Waals surface area contributed by atoms with E-state index in [0.717, 1.165) is 38.4 Å². The molecule has 1 saturated heterocycles. The number of imidazole rings is 1. The molecule has 2 aromatic heterocycles. The van der Waals surface area contributed by atoms with Crippen LogP contribution in [0.25, 0.3) is 0 Å². The number of nitrogen functional groups attached to an aromatic ring is 1. The van der Waals surface area contributed by atoms with E-state index in [9.17, 15) is 4.79 Å². The molecular weight excluding hydrogens is 327 g/mol. The molecule has 0 saturated carbocycles. The summed E-state index contributed by atoms with van der Waals surface area (Å²) in [5.74, 6) is 0.515. The molecule has 22 heavy (non-hydrogen) atoms. The molecule has 9 heteroatoms. The molecule has 0 aromatic carbocycles. The third kappa shape index (κ3) is 4.16. The topological polar surface area (TPSA) is 94.0 Å². The van der Waals surface area contributed by atoms with Crippen LogP contribution in [0.4, 0.5) is 5.95 Å². The van der Waals surface area contributed by atoms with Crippen molar-refractivity contribution < 1.29 is 4.79 Å². The van der Waals surface area contributed by atoms with Gasteiger partial charge in [-0.2, -0.15) is 0 Å². The van der Waals surface area contributed by atoms with E-state index in [1.54, 1.807) is 12.4 Å². The highest BCUT2D eigenvalue weighted by molar-refractivity contribution is 5.92. The van der Waals surface area contributed by atoms with Gasteiger partial charge in [-0.3, -0.25) is 9.69 Å². The van der Waals surface area contributed by atoms with E-state index in [1.807, 2.05) is 17.0 Å². The zero-order valence-electron chi connectivity index (χ0n) is 12.0. The summed E-state index contributed by atoms with van der Waals surface area (Å²) in [5.41, 5.74) is 7.22. The molecule has 0 radical (unpaired) electrons. The van der Waals surface area contributed by atoms with Gasteiger partial charge in [0.2, 0.25) is 0 Å². The van der Waals surface area contributed by atoms with Crippen LogP contribution in [-0.2, 0) is 6.54 Å². The number of hydrogen-bond acceptors (Lipinski definition) is 4. The fraction of sp³-hybridized carbons (Fsp3) is 0.385. The number of halogens is 2. The number of amides is 1. The normalized spacial score (nSPS) is 15.0. The van der Waals surface area contributed by atoms with Gasteiger partial charge in [-0.25, -0.2) is 4.98 Å². The van der Waals surface area contributed by atoms with Crippen LogP contribution in [0.3, 0.4) is 0 Å². The first-order chi connectivity index (χ1) is 9.72. The molecular formula is C13H20Cl2N6O. The molecule has 0 bridgehead atoms. The van der Waals surface area contributed by atoms with E-state index in [1.165, 1.54) is 0 Å². The standard InChI is InChI=1S/C13H18N6O.2ClH/c14-13-16-8-10(17-13)9-18-4-6-19(7-5-18)12(20)11-2-1-3-15-11;;/h1-3,8,15H,4-7,9H2,(H3,14,16,17);2*1H. The zero-order valence-corrected chi connectivity index (χ0v) is 13.6. The molecule has 3 heterocycles. The predicted octanol–water partition coefficient (Wildman–Crippen LogP) is 1.12. The van der Waals surface area contributed by atoms with Crippen molar-refractivity contribution in [3.63, 3.8) is 0 Å². The number of carbonyl (C=O) groups excluding carboxylic acids is 1. The van der Waals surface area contributed by atoms with Crippen molar-refractivity contribution in [2.24, 2.45) is 0 Å². The third-order valence-electron chi connectivity index (χ3n) is 3.53. The van der Waals surface area contributed by atoms with Gasteiger partial charge in [-0.05, 0) is 12.1 Å². The van der Waals surface area contributed by atoms with Gasteiger partial charge < -0.3 is 20.6 Å². The lowest BCUT2D eigenvalue weighted by molar-refractivity contribution is 0.0622. The van der Waals surface area contributed by atoms with Crippen molar-refractivity contribution in [2.45, 2.75) is 6.54 Å². The first-order valence-electron chi connectivity index (χ1n) is 6.67. The minimum atomic E-state index is 0. The summed E-state index contributed by atoms with van der Waals surface area (Å²) in [6.07, 6.45) is 3.53. The Bertz CT molecular complexity index is 577. The van der Waals surface area contributed by atoms with E-state index >= 15 is 0 Å². The van der Waals surface area contributed by atoms with E-state index < -0.39 is 0 Å². The summed E-state index contributed by atoms with van der Waals surface area (Å²) in [4.78, 5) is 26.3. The first kappa shape index (κ1) is 18.3. The van der Waals surface area contributed by atoms with Gasteiger partial charge >= 0.3 is 0 Å². The number of aromatic amines is 2. The van der Waals surface area contributed by atoms with Crippen LogP contribution in [0.2, 0.25) is 0 Å². The summed E-state index contributed by atoms with van der Waals surface area (Å²) in [6.45, 7) is 3.97. The number of aromatic nitrogens is 3. The number of anilines is 1. The van der Waals surface area contributed by atoms with Gasteiger partial charge in [0.05, 0.1) is 11.9 Å². The maximum atomic E-state index is 12.2. The smallest absolute Gasteiger partial charge is 0.270 e. The number of H-pyrrole nitrogens is 2. The van der Waals surface area contributed by atoms with Gasteiger partial charge in [-0.1, -0.05) is 0 Å². The second-order valence-corrected chi connectivity index (χ2v) is 4.95. The van der Waals surface area contributed by atoms with Crippen molar-refractivity contribution in [1.82, 2.24) is 24.8 Å². The van der Waals surface area contributed by atoms with Crippen LogP contribution in [0.1, 0.15) is 16.2 Å². The second kappa shape index (κ2) is 8.07. The quantitative estimate of drug-likeness (QED) is 0.776. The van der Waals surface area contributed by atoms with Gasteiger partial charge in [0.15, 0.2) is 5.95 Å². The lowest BCUT2D eigenvalue weighted by Gasteiger charge is -2.34. The van der Waals surface area contributed by atoms with Crippen molar-refractivity contribution in [1.29, 1.82) is 0 Å².